The summed E-state index contributed by atoms with van der Waals surface area (Å²) in [7, 11) is 2.16. The third-order valence-corrected chi connectivity index (χ3v) is 6.85. The summed E-state index contributed by atoms with van der Waals surface area (Å²) in [5, 5.41) is 11.6. The van der Waals surface area contributed by atoms with Gasteiger partial charge in [0.25, 0.3) is 11.2 Å². The van der Waals surface area contributed by atoms with E-state index in [2.05, 4.69) is 16.8 Å². The van der Waals surface area contributed by atoms with Crippen molar-refractivity contribution in [3.05, 3.63) is 74.8 Å². The number of fused-ring (bicyclic) bond motifs is 1. The molecule has 0 aliphatic carbocycles. The van der Waals surface area contributed by atoms with Crippen molar-refractivity contribution in [2.24, 2.45) is 0 Å². The van der Waals surface area contributed by atoms with E-state index in [4.69, 9.17) is 4.98 Å². The molecule has 3 aromatic rings. The molecule has 1 atom stereocenters. The van der Waals surface area contributed by atoms with E-state index in [-0.39, 0.29) is 22.7 Å². The van der Waals surface area contributed by atoms with Crippen LogP contribution in [0.5, 0.6) is 0 Å². The van der Waals surface area contributed by atoms with Gasteiger partial charge in [0, 0.05) is 18.2 Å². The molecule has 0 saturated carbocycles. The number of non-ortho nitro benzene ring substituents is 1. The lowest BCUT2D eigenvalue weighted by Crippen LogP contribution is -2.44. The van der Waals surface area contributed by atoms with Crippen LogP contribution in [0.1, 0.15) is 37.5 Å². The van der Waals surface area contributed by atoms with Gasteiger partial charge in [-0.1, -0.05) is 18.2 Å². The molecule has 8 nitrogen and oxygen atoms in total. The number of aromatic nitrogens is 2. The highest BCUT2D eigenvalue weighted by atomic mass is 16.6. The summed E-state index contributed by atoms with van der Waals surface area (Å²) in [6, 6.07) is 14.4. The number of para-hydroxylation sites is 1. The van der Waals surface area contributed by atoms with E-state index in [0.29, 0.717) is 11.6 Å². The summed E-state index contributed by atoms with van der Waals surface area (Å²) in [4.78, 5) is 34.3. The number of nitro benzene ring substituents is 1. The van der Waals surface area contributed by atoms with Crippen LogP contribution in [0, 0.1) is 10.1 Å². The topological polar surface area (TPSA) is 84.5 Å². The minimum absolute atomic E-state index is 0.0518. The van der Waals surface area contributed by atoms with Gasteiger partial charge in [-0.25, -0.2) is 4.98 Å². The molecule has 8 heteroatoms. The molecule has 166 valence electrons. The fourth-order valence-corrected chi connectivity index (χ4v) is 5.18. The van der Waals surface area contributed by atoms with E-state index in [9.17, 15) is 14.9 Å². The summed E-state index contributed by atoms with van der Waals surface area (Å²) < 4.78 is 1.67. The highest BCUT2D eigenvalue weighted by Gasteiger charge is 2.36. The van der Waals surface area contributed by atoms with Gasteiger partial charge in [-0.3, -0.25) is 24.4 Å². The maximum Gasteiger partial charge on any atom is 0.270 e. The zero-order valence-electron chi connectivity index (χ0n) is 18.2. The van der Waals surface area contributed by atoms with Crippen molar-refractivity contribution in [3.63, 3.8) is 0 Å². The standard InChI is InChI=1S/C24H27N5O3/c1-26-14-11-17(12-15-26)27-13-5-8-22(27)23-25-21-10-9-19(29(31)32)16-20(21)24(30)28(23)18-6-3-2-4-7-18/h2-4,6-7,9-10,16-17,22H,5,8,11-15H2,1H3. The maximum absolute atomic E-state index is 13.7. The first-order valence-corrected chi connectivity index (χ1v) is 11.2. The first-order valence-electron chi connectivity index (χ1n) is 11.2. The summed E-state index contributed by atoms with van der Waals surface area (Å²) >= 11 is 0. The fourth-order valence-electron chi connectivity index (χ4n) is 5.18. The third kappa shape index (κ3) is 3.69. The van der Waals surface area contributed by atoms with Crippen molar-refractivity contribution in [3.8, 4) is 5.69 Å². The van der Waals surface area contributed by atoms with Crippen molar-refractivity contribution in [2.75, 3.05) is 26.7 Å². The number of likely N-dealkylation sites (tertiary alicyclic amines) is 2. The van der Waals surface area contributed by atoms with Gasteiger partial charge in [0.2, 0.25) is 0 Å². The van der Waals surface area contributed by atoms with Crippen molar-refractivity contribution >= 4 is 16.6 Å². The van der Waals surface area contributed by atoms with Crippen LogP contribution >= 0.6 is 0 Å². The Hall–Kier alpha value is -3.10. The zero-order chi connectivity index (χ0) is 22.2. The van der Waals surface area contributed by atoms with Crippen LogP contribution in [-0.2, 0) is 0 Å². The summed E-state index contributed by atoms with van der Waals surface area (Å²) in [5.74, 6) is 0.735. The highest BCUT2D eigenvalue weighted by Crippen LogP contribution is 2.36. The van der Waals surface area contributed by atoms with E-state index in [1.165, 1.54) is 12.1 Å². The van der Waals surface area contributed by atoms with Crippen LogP contribution in [0.2, 0.25) is 0 Å². The molecule has 1 unspecified atom stereocenters. The molecule has 2 aliphatic heterocycles. The molecule has 0 spiro atoms. The Morgan fingerprint density at radius 2 is 1.78 bits per heavy atom. The van der Waals surface area contributed by atoms with Gasteiger partial charge in [-0.05, 0) is 70.6 Å². The van der Waals surface area contributed by atoms with Crippen LogP contribution in [0.3, 0.4) is 0 Å². The number of hydrogen-bond acceptors (Lipinski definition) is 6. The molecular weight excluding hydrogens is 406 g/mol. The number of hydrogen-bond donors (Lipinski definition) is 0. The van der Waals surface area contributed by atoms with Gasteiger partial charge in [-0.2, -0.15) is 0 Å². The summed E-state index contributed by atoms with van der Waals surface area (Å²) in [6.45, 7) is 3.16. The molecule has 0 amide bonds. The Bertz CT molecular complexity index is 1200. The number of nitrogens with zero attached hydrogens (tertiary/aromatic N) is 5. The van der Waals surface area contributed by atoms with Gasteiger partial charge in [0.05, 0.1) is 27.6 Å². The molecule has 0 bridgehead atoms. The first-order chi connectivity index (χ1) is 15.5. The normalized spacial score (nSPS) is 20.7. The lowest BCUT2D eigenvalue weighted by atomic mass is 10.0. The number of rotatable bonds is 4. The molecule has 1 aromatic heterocycles. The first kappa shape index (κ1) is 20.8. The quantitative estimate of drug-likeness (QED) is 0.462. The smallest absolute Gasteiger partial charge is 0.270 e. The van der Waals surface area contributed by atoms with E-state index in [0.717, 1.165) is 56.8 Å². The molecule has 3 heterocycles. The van der Waals surface area contributed by atoms with Gasteiger partial charge in [0.1, 0.15) is 5.82 Å². The molecule has 2 aliphatic rings. The van der Waals surface area contributed by atoms with E-state index < -0.39 is 4.92 Å². The lowest BCUT2D eigenvalue weighted by Gasteiger charge is -2.38. The van der Waals surface area contributed by atoms with Gasteiger partial charge < -0.3 is 4.90 Å². The second-order valence-corrected chi connectivity index (χ2v) is 8.83. The predicted octanol–water partition coefficient (Wildman–Crippen LogP) is 3.53. The Labute approximate surface area is 186 Å². The average Bonchev–Trinajstić information content (AvgIpc) is 3.29. The Morgan fingerprint density at radius 3 is 2.50 bits per heavy atom. The lowest BCUT2D eigenvalue weighted by molar-refractivity contribution is -0.384. The van der Waals surface area contributed by atoms with Crippen LogP contribution in [0.25, 0.3) is 16.6 Å². The number of benzene rings is 2. The molecule has 2 fully saturated rings. The number of nitro groups is 1. The van der Waals surface area contributed by atoms with E-state index in [1.54, 1.807) is 10.6 Å². The van der Waals surface area contributed by atoms with Crippen molar-refractivity contribution in [2.45, 2.75) is 37.8 Å². The van der Waals surface area contributed by atoms with Gasteiger partial charge in [-0.15, -0.1) is 0 Å². The maximum atomic E-state index is 13.7. The van der Waals surface area contributed by atoms with Crippen LogP contribution in [-0.4, -0.2) is 57.0 Å². The summed E-state index contributed by atoms with van der Waals surface area (Å²) in [6.07, 6.45) is 4.24. The highest BCUT2D eigenvalue weighted by molar-refractivity contribution is 5.80. The molecule has 5 rings (SSSR count). The van der Waals surface area contributed by atoms with Crippen molar-refractivity contribution in [1.29, 1.82) is 0 Å². The SMILES string of the molecule is CN1CCC(N2CCCC2c2nc3ccc([N+](=O)[O-])cc3c(=O)n2-c2ccccc2)CC1. The Kier molecular flexibility index (Phi) is 5.48. The average molecular weight is 434 g/mol. The molecule has 32 heavy (non-hydrogen) atoms. The fraction of sp³-hybridized carbons (Fsp3) is 0.417. The minimum Gasteiger partial charge on any atom is -0.306 e. The summed E-state index contributed by atoms with van der Waals surface area (Å²) in [5.41, 5.74) is 0.898. The molecular formula is C24H27N5O3. The van der Waals surface area contributed by atoms with E-state index >= 15 is 0 Å². The largest absolute Gasteiger partial charge is 0.306 e. The zero-order valence-corrected chi connectivity index (χ0v) is 18.2. The van der Waals surface area contributed by atoms with Crippen LogP contribution in [0.15, 0.2) is 53.3 Å². The van der Waals surface area contributed by atoms with Crippen molar-refractivity contribution in [1.82, 2.24) is 19.4 Å². The third-order valence-electron chi connectivity index (χ3n) is 6.85. The Balaban J connectivity index is 1.67. The molecule has 0 radical (unpaired) electrons. The van der Waals surface area contributed by atoms with Gasteiger partial charge >= 0.3 is 0 Å². The molecule has 2 saturated heterocycles. The van der Waals surface area contributed by atoms with Crippen molar-refractivity contribution < 1.29 is 4.92 Å². The Morgan fingerprint density at radius 1 is 1.03 bits per heavy atom. The predicted molar refractivity (Wildman–Crippen MR) is 123 cm³/mol. The minimum atomic E-state index is -0.474. The second kappa shape index (κ2) is 8.44. The van der Waals surface area contributed by atoms with Crippen LogP contribution < -0.4 is 5.56 Å². The van der Waals surface area contributed by atoms with E-state index in [1.807, 2.05) is 30.3 Å². The molecule has 0 N–H and O–H groups in total. The molecule has 2 aromatic carbocycles. The monoisotopic (exact) mass is 433 g/mol. The number of piperidine rings is 1. The van der Waals surface area contributed by atoms with Crippen LogP contribution in [0.4, 0.5) is 5.69 Å². The van der Waals surface area contributed by atoms with Gasteiger partial charge in [0.15, 0.2) is 0 Å². The second-order valence-electron chi connectivity index (χ2n) is 8.83.